The number of hydrogen-bond acceptors (Lipinski definition) is 4. The number of rotatable bonds is 7. The summed E-state index contributed by atoms with van der Waals surface area (Å²) in [6, 6.07) is 6.86. The summed E-state index contributed by atoms with van der Waals surface area (Å²) in [5.74, 6) is -2.75. The lowest BCUT2D eigenvalue weighted by Crippen LogP contribution is -2.14. The number of fused-ring (bicyclic) bond motifs is 1. The van der Waals surface area contributed by atoms with Crippen molar-refractivity contribution in [3.05, 3.63) is 65.1 Å². The molecular weight excluding hydrogens is 452 g/mol. The van der Waals surface area contributed by atoms with Gasteiger partial charge in [-0.1, -0.05) is 18.2 Å². The smallest absolute Gasteiger partial charge is 0.416 e. The van der Waals surface area contributed by atoms with Crippen LogP contribution in [-0.2, 0) is 25.7 Å². The molecule has 0 saturated carbocycles. The zero-order valence-corrected chi connectivity index (χ0v) is 17.9. The Bertz CT molecular complexity index is 1250. The number of nitrogens with one attached hydrogen (secondary N) is 2. The first kappa shape index (κ1) is 23.6. The Morgan fingerprint density at radius 2 is 1.91 bits per heavy atom. The predicted octanol–water partition coefficient (Wildman–Crippen LogP) is 4.78. The number of carbonyl (C=O) groups is 1. The lowest BCUT2D eigenvalue weighted by atomic mass is 9.87. The molecule has 0 saturated heterocycles. The van der Waals surface area contributed by atoms with Crippen molar-refractivity contribution < 1.29 is 35.5 Å². The summed E-state index contributed by atoms with van der Waals surface area (Å²) < 4.78 is 84.4. The number of benzene rings is 2. The molecule has 32 heavy (non-hydrogen) atoms. The van der Waals surface area contributed by atoms with E-state index in [9.17, 15) is 30.8 Å². The van der Waals surface area contributed by atoms with Gasteiger partial charge in [-0.25, -0.2) is 12.8 Å². The number of para-hydroxylation sites is 1. The number of H-pyrrole nitrogens is 1. The average Bonchev–Trinajstić information content (AvgIpc) is 3.10. The number of anilines is 1. The third-order valence-electron chi connectivity index (χ3n) is 4.80. The number of halogens is 4. The summed E-state index contributed by atoms with van der Waals surface area (Å²) in [5, 5.41) is 0.479. The standard InChI is InChI=1S/C21H20F4N2O4S/c1-3-31-19(28)10-15(13-8-7-12(9-17(13)22)21(23,24)25)16-11-26-20-14(16)5-4-6-18(20)27-32(2,29)30/h4-9,11,15,26-27H,3,10H2,1-2H3. The molecule has 3 aromatic rings. The second-order valence-corrected chi connectivity index (χ2v) is 8.89. The maximum atomic E-state index is 14.8. The van der Waals surface area contributed by atoms with E-state index in [2.05, 4.69) is 9.71 Å². The van der Waals surface area contributed by atoms with Gasteiger partial charge in [0.2, 0.25) is 10.0 Å². The average molecular weight is 472 g/mol. The van der Waals surface area contributed by atoms with Crippen LogP contribution in [0.5, 0.6) is 0 Å². The summed E-state index contributed by atoms with van der Waals surface area (Å²) in [6.07, 6.45) is -2.59. The van der Waals surface area contributed by atoms with Gasteiger partial charge in [0, 0.05) is 17.5 Å². The Balaban J connectivity index is 2.14. The molecule has 1 heterocycles. The number of sulfonamides is 1. The van der Waals surface area contributed by atoms with Gasteiger partial charge in [-0.15, -0.1) is 0 Å². The number of aromatic nitrogens is 1. The molecule has 0 bridgehead atoms. The van der Waals surface area contributed by atoms with E-state index < -0.39 is 39.5 Å². The van der Waals surface area contributed by atoms with Crippen LogP contribution in [0.1, 0.15) is 36.0 Å². The molecule has 1 aromatic heterocycles. The van der Waals surface area contributed by atoms with Gasteiger partial charge in [0.1, 0.15) is 5.82 Å². The van der Waals surface area contributed by atoms with Crippen LogP contribution in [0.3, 0.4) is 0 Å². The van der Waals surface area contributed by atoms with Gasteiger partial charge in [-0.2, -0.15) is 13.2 Å². The van der Waals surface area contributed by atoms with E-state index in [1.54, 1.807) is 19.1 Å². The van der Waals surface area contributed by atoms with Crippen LogP contribution in [0.2, 0.25) is 0 Å². The molecular formula is C21H20F4N2O4S. The number of esters is 1. The number of carbonyl (C=O) groups excluding carboxylic acids is 1. The lowest BCUT2D eigenvalue weighted by Gasteiger charge is -2.18. The van der Waals surface area contributed by atoms with Crippen molar-refractivity contribution in [1.82, 2.24) is 4.98 Å². The minimum Gasteiger partial charge on any atom is -0.466 e. The normalized spacial score (nSPS) is 13.2. The Labute approximate surface area is 181 Å². The van der Waals surface area contributed by atoms with Crippen molar-refractivity contribution in [2.24, 2.45) is 0 Å². The molecule has 0 aliphatic rings. The predicted molar refractivity (Wildman–Crippen MR) is 111 cm³/mol. The zero-order chi connectivity index (χ0) is 23.7. The van der Waals surface area contributed by atoms with E-state index in [0.717, 1.165) is 18.4 Å². The monoisotopic (exact) mass is 472 g/mol. The quantitative estimate of drug-likeness (QED) is 0.383. The number of ether oxygens (including phenoxy) is 1. The van der Waals surface area contributed by atoms with Crippen LogP contribution in [0.15, 0.2) is 42.6 Å². The van der Waals surface area contributed by atoms with Crippen LogP contribution in [0, 0.1) is 5.82 Å². The topological polar surface area (TPSA) is 88.3 Å². The molecule has 2 N–H and O–H groups in total. The first-order valence-electron chi connectivity index (χ1n) is 9.50. The highest BCUT2D eigenvalue weighted by Crippen LogP contribution is 2.39. The minimum absolute atomic E-state index is 0.0807. The molecule has 0 fully saturated rings. The van der Waals surface area contributed by atoms with Gasteiger partial charge < -0.3 is 9.72 Å². The molecule has 1 unspecified atom stereocenters. The third-order valence-corrected chi connectivity index (χ3v) is 5.39. The van der Waals surface area contributed by atoms with Crippen LogP contribution < -0.4 is 4.72 Å². The summed E-state index contributed by atoms with van der Waals surface area (Å²) >= 11 is 0. The van der Waals surface area contributed by atoms with Crippen molar-refractivity contribution in [2.45, 2.75) is 25.4 Å². The Kier molecular flexibility index (Phi) is 6.49. The Morgan fingerprint density at radius 3 is 2.50 bits per heavy atom. The van der Waals surface area contributed by atoms with Crippen LogP contribution in [0.25, 0.3) is 10.9 Å². The Hall–Kier alpha value is -3.08. The van der Waals surface area contributed by atoms with E-state index in [1.807, 2.05) is 0 Å². The van der Waals surface area contributed by atoms with Crippen molar-refractivity contribution in [3.63, 3.8) is 0 Å². The number of aromatic amines is 1. The molecule has 0 aliphatic heterocycles. The second-order valence-electron chi connectivity index (χ2n) is 7.14. The van der Waals surface area contributed by atoms with Gasteiger partial charge in [0.25, 0.3) is 0 Å². The fraction of sp³-hybridized carbons (Fsp3) is 0.286. The highest BCUT2D eigenvalue weighted by Gasteiger charge is 2.33. The number of alkyl halides is 3. The fourth-order valence-electron chi connectivity index (χ4n) is 3.51. The molecule has 2 aromatic carbocycles. The summed E-state index contributed by atoms with van der Waals surface area (Å²) in [6.45, 7) is 1.68. The first-order chi connectivity index (χ1) is 14.9. The largest absolute Gasteiger partial charge is 0.466 e. The van der Waals surface area contributed by atoms with Gasteiger partial charge in [0.15, 0.2) is 0 Å². The Morgan fingerprint density at radius 1 is 1.19 bits per heavy atom. The molecule has 1 atom stereocenters. The fourth-order valence-corrected chi connectivity index (χ4v) is 4.08. The lowest BCUT2D eigenvalue weighted by molar-refractivity contribution is -0.143. The van der Waals surface area contributed by atoms with E-state index in [-0.39, 0.29) is 24.3 Å². The molecule has 11 heteroatoms. The van der Waals surface area contributed by atoms with Crippen molar-refractivity contribution in [1.29, 1.82) is 0 Å². The maximum Gasteiger partial charge on any atom is 0.416 e. The summed E-state index contributed by atoms with van der Waals surface area (Å²) in [5.41, 5.74) is -0.238. The molecule has 0 amide bonds. The molecule has 0 spiro atoms. The summed E-state index contributed by atoms with van der Waals surface area (Å²) in [4.78, 5) is 15.1. The first-order valence-corrected chi connectivity index (χ1v) is 11.4. The SMILES string of the molecule is CCOC(=O)CC(c1ccc(C(F)(F)F)cc1F)c1c[nH]c2c(NS(C)(=O)=O)cccc12. The molecule has 0 radical (unpaired) electrons. The van der Waals surface area contributed by atoms with Gasteiger partial charge in [0.05, 0.1) is 36.1 Å². The van der Waals surface area contributed by atoms with E-state index >= 15 is 0 Å². The van der Waals surface area contributed by atoms with Crippen molar-refractivity contribution in [3.8, 4) is 0 Å². The van der Waals surface area contributed by atoms with Crippen molar-refractivity contribution in [2.75, 3.05) is 17.6 Å². The zero-order valence-electron chi connectivity index (χ0n) is 17.1. The van der Waals surface area contributed by atoms with Crippen molar-refractivity contribution >= 4 is 32.6 Å². The molecule has 0 aliphatic carbocycles. The van der Waals surface area contributed by atoms with Crippen LogP contribution in [-0.4, -0.2) is 32.2 Å². The third kappa shape index (κ3) is 5.21. The highest BCUT2D eigenvalue weighted by atomic mass is 32.2. The van der Waals surface area contributed by atoms with E-state index in [4.69, 9.17) is 4.74 Å². The van der Waals surface area contributed by atoms with E-state index in [1.165, 1.54) is 12.3 Å². The highest BCUT2D eigenvalue weighted by molar-refractivity contribution is 7.92. The van der Waals surface area contributed by atoms with Crippen LogP contribution in [0.4, 0.5) is 23.2 Å². The van der Waals surface area contributed by atoms with E-state index in [0.29, 0.717) is 22.5 Å². The van der Waals surface area contributed by atoms with Gasteiger partial charge in [-0.3, -0.25) is 9.52 Å². The minimum atomic E-state index is -4.72. The van der Waals surface area contributed by atoms with Crippen LogP contribution >= 0.6 is 0 Å². The second kappa shape index (κ2) is 8.81. The molecule has 3 rings (SSSR count). The number of hydrogen-bond donors (Lipinski definition) is 2. The molecule has 172 valence electrons. The van der Waals surface area contributed by atoms with Gasteiger partial charge in [-0.05, 0) is 36.2 Å². The maximum absolute atomic E-state index is 14.8. The molecule has 6 nitrogen and oxygen atoms in total. The van der Waals surface area contributed by atoms with Gasteiger partial charge >= 0.3 is 12.1 Å². The summed E-state index contributed by atoms with van der Waals surface area (Å²) in [7, 11) is -3.59.